The summed E-state index contributed by atoms with van der Waals surface area (Å²) >= 11 is 0. The lowest BCUT2D eigenvalue weighted by molar-refractivity contribution is -0.115. The van der Waals surface area contributed by atoms with Crippen molar-refractivity contribution in [3.05, 3.63) is 23.8 Å². The normalized spacial score (nSPS) is 14.8. The van der Waals surface area contributed by atoms with Crippen LogP contribution in [0.15, 0.2) is 18.2 Å². The van der Waals surface area contributed by atoms with Crippen molar-refractivity contribution in [2.45, 2.75) is 33.1 Å². The van der Waals surface area contributed by atoms with E-state index in [1.165, 1.54) is 13.8 Å². The largest absolute Gasteiger partial charge is 0.339 e. The fraction of sp³-hybridized carbons (Fsp3) is 0.526. The maximum absolute atomic E-state index is 12.9. The van der Waals surface area contributed by atoms with E-state index in [9.17, 15) is 14.4 Å². The van der Waals surface area contributed by atoms with Gasteiger partial charge in [-0.15, -0.1) is 0 Å². The summed E-state index contributed by atoms with van der Waals surface area (Å²) in [6.07, 6.45) is 3.12. The molecule has 0 atom stereocenters. The van der Waals surface area contributed by atoms with Crippen LogP contribution in [-0.4, -0.2) is 49.3 Å². The van der Waals surface area contributed by atoms with Crippen molar-refractivity contribution in [3.8, 4) is 0 Å². The average Bonchev–Trinajstić information content (AvgIpc) is 2.58. The van der Waals surface area contributed by atoms with Crippen molar-refractivity contribution in [2.24, 2.45) is 5.92 Å². The first-order valence-electron chi connectivity index (χ1n) is 9.03. The molecule has 0 aliphatic carbocycles. The second-order valence-electron chi connectivity index (χ2n) is 6.79. The summed E-state index contributed by atoms with van der Waals surface area (Å²) in [5, 5.41) is 8.53. The van der Waals surface area contributed by atoms with E-state index in [0.717, 1.165) is 38.9 Å². The molecule has 0 saturated carbocycles. The van der Waals surface area contributed by atoms with Crippen LogP contribution >= 0.6 is 0 Å². The molecule has 0 bridgehead atoms. The number of anilines is 2. The minimum absolute atomic E-state index is 0.0733. The summed E-state index contributed by atoms with van der Waals surface area (Å²) in [6, 6.07) is 4.95. The van der Waals surface area contributed by atoms with E-state index in [0.29, 0.717) is 22.9 Å². The molecule has 0 spiro atoms. The minimum Gasteiger partial charge on any atom is -0.339 e. The number of hydrogen-bond acceptors (Lipinski definition) is 4. The Hall–Kier alpha value is -2.41. The summed E-state index contributed by atoms with van der Waals surface area (Å²) in [5.41, 5.74) is 1.46. The number of piperidine rings is 1. The number of nitrogens with zero attached hydrogens (tertiary/aromatic N) is 1. The van der Waals surface area contributed by atoms with Crippen LogP contribution in [0.2, 0.25) is 0 Å². The van der Waals surface area contributed by atoms with Gasteiger partial charge in [0.1, 0.15) is 0 Å². The van der Waals surface area contributed by atoms with Crippen LogP contribution in [0, 0.1) is 5.92 Å². The molecule has 1 fully saturated rings. The topological polar surface area (TPSA) is 90.5 Å². The van der Waals surface area contributed by atoms with E-state index >= 15 is 0 Å². The highest BCUT2D eigenvalue weighted by Crippen LogP contribution is 2.24. The smallest absolute Gasteiger partial charge is 0.254 e. The van der Waals surface area contributed by atoms with E-state index < -0.39 is 0 Å². The molecule has 26 heavy (non-hydrogen) atoms. The molecular weight excluding hydrogens is 332 g/mol. The fourth-order valence-electron chi connectivity index (χ4n) is 3.26. The first-order chi connectivity index (χ1) is 12.4. The van der Waals surface area contributed by atoms with E-state index in [-0.39, 0.29) is 17.7 Å². The fourth-order valence-corrected chi connectivity index (χ4v) is 3.26. The van der Waals surface area contributed by atoms with Crippen molar-refractivity contribution >= 4 is 29.1 Å². The van der Waals surface area contributed by atoms with Crippen molar-refractivity contribution in [3.63, 3.8) is 0 Å². The molecule has 0 aromatic heterocycles. The van der Waals surface area contributed by atoms with Gasteiger partial charge in [0.15, 0.2) is 0 Å². The summed E-state index contributed by atoms with van der Waals surface area (Å²) in [6.45, 7) is 5.27. The lowest BCUT2D eigenvalue weighted by Crippen LogP contribution is -2.39. The third kappa shape index (κ3) is 5.84. The second-order valence-corrected chi connectivity index (χ2v) is 6.79. The molecule has 3 amide bonds. The predicted octanol–water partition coefficient (Wildman–Crippen LogP) is 2.07. The second kappa shape index (κ2) is 9.33. The van der Waals surface area contributed by atoms with Gasteiger partial charge in [-0.25, -0.2) is 0 Å². The molecule has 1 saturated heterocycles. The highest BCUT2D eigenvalue weighted by molar-refractivity contribution is 6.00. The van der Waals surface area contributed by atoms with Crippen LogP contribution in [0.4, 0.5) is 11.4 Å². The number of likely N-dealkylation sites (tertiary alicyclic amines) is 1. The Balaban J connectivity index is 2.11. The first-order valence-corrected chi connectivity index (χ1v) is 9.03. The Morgan fingerprint density at radius 3 is 2.00 bits per heavy atom. The zero-order valence-electron chi connectivity index (χ0n) is 15.7. The quantitative estimate of drug-likeness (QED) is 0.724. The molecule has 1 aromatic carbocycles. The Labute approximate surface area is 154 Å². The molecule has 2 rings (SSSR count). The monoisotopic (exact) mass is 360 g/mol. The van der Waals surface area contributed by atoms with Crippen molar-refractivity contribution in [1.29, 1.82) is 0 Å². The predicted molar refractivity (Wildman–Crippen MR) is 102 cm³/mol. The maximum Gasteiger partial charge on any atom is 0.254 e. The van der Waals surface area contributed by atoms with Gasteiger partial charge in [0.05, 0.1) is 0 Å². The number of benzene rings is 1. The molecule has 0 unspecified atom stereocenters. The molecule has 1 aliphatic rings. The average molecular weight is 360 g/mol. The lowest BCUT2D eigenvalue weighted by atomic mass is 9.93. The van der Waals surface area contributed by atoms with E-state index in [4.69, 9.17) is 0 Å². The Bertz CT molecular complexity index is 632. The van der Waals surface area contributed by atoms with Crippen LogP contribution in [0.3, 0.4) is 0 Å². The van der Waals surface area contributed by atoms with Gasteiger partial charge < -0.3 is 20.9 Å². The van der Waals surface area contributed by atoms with E-state index in [2.05, 4.69) is 16.0 Å². The van der Waals surface area contributed by atoms with Crippen molar-refractivity contribution in [1.82, 2.24) is 10.2 Å². The van der Waals surface area contributed by atoms with Crippen LogP contribution in [0.25, 0.3) is 0 Å². The van der Waals surface area contributed by atoms with Crippen molar-refractivity contribution < 1.29 is 14.4 Å². The van der Waals surface area contributed by atoms with E-state index in [1.807, 2.05) is 11.9 Å². The molecule has 3 N–H and O–H groups in total. The number of hydrogen-bond donors (Lipinski definition) is 3. The van der Waals surface area contributed by atoms with Gasteiger partial charge in [-0.05, 0) is 57.0 Å². The highest BCUT2D eigenvalue weighted by Gasteiger charge is 2.24. The van der Waals surface area contributed by atoms with Crippen LogP contribution in [0.1, 0.15) is 43.5 Å². The van der Waals surface area contributed by atoms with Crippen LogP contribution < -0.4 is 16.0 Å². The summed E-state index contributed by atoms with van der Waals surface area (Å²) in [5.74, 6) is 0.116. The summed E-state index contributed by atoms with van der Waals surface area (Å²) in [4.78, 5) is 37.4. The molecule has 7 heteroatoms. The number of carbonyl (C=O) groups is 3. The van der Waals surface area contributed by atoms with Gasteiger partial charge in [0.2, 0.25) is 11.8 Å². The third-order valence-electron chi connectivity index (χ3n) is 4.53. The SMILES string of the molecule is CNCCC1CCN(C(=O)c2cc(NC(C)=O)cc(NC(C)=O)c2)CC1. The molecule has 1 aliphatic heterocycles. The summed E-state index contributed by atoms with van der Waals surface area (Å²) < 4.78 is 0. The molecule has 0 radical (unpaired) electrons. The van der Waals surface area contributed by atoms with Gasteiger partial charge in [-0.2, -0.15) is 0 Å². The van der Waals surface area contributed by atoms with Gasteiger partial charge >= 0.3 is 0 Å². The molecular formula is C19H28N4O3. The number of nitrogens with one attached hydrogen (secondary N) is 3. The highest BCUT2D eigenvalue weighted by atomic mass is 16.2. The zero-order chi connectivity index (χ0) is 19.1. The third-order valence-corrected chi connectivity index (χ3v) is 4.53. The molecule has 142 valence electrons. The Kier molecular flexibility index (Phi) is 7.15. The van der Waals surface area contributed by atoms with Gasteiger partial charge in [0.25, 0.3) is 5.91 Å². The molecule has 1 aromatic rings. The van der Waals surface area contributed by atoms with Crippen LogP contribution in [-0.2, 0) is 9.59 Å². The number of carbonyl (C=O) groups excluding carboxylic acids is 3. The van der Waals surface area contributed by atoms with Crippen molar-refractivity contribution in [2.75, 3.05) is 37.3 Å². The van der Waals surface area contributed by atoms with Crippen LogP contribution in [0.5, 0.6) is 0 Å². The molecule has 7 nitrogen and oxygen atoms in total. The Morgan fingerprint density at radius 2 is 1.54 bits per heavy atom. The first kappa shape index (κ1) is 19.9. The summed E-state index contributed by atoms with van der Waals surface area (Å²) in [7, 11) is 1.95. The minimum atomic E-state index is -0.228. The standard InChI is InChI=1S/C19H28N4O3/c1-13(24)21-17-10-16(11-18(12-17)22-14(2)25)19(26)23-8-5-15(6-9-23)4-7-20-3/h10-12,15,20H,4-9H2,1-3H3,(H,21,24)(H,22,25). The number of amides is 3. The van der Waals surface area contributed by atoms with Gasteiger partial charge in [-0.1, -0.05) is 0 Å². The van der Waals surface area contributed by atoms with Gasteiger partial charge in [0, 0.05) is 43.9 Å². The van der Waals surface area contributed by atoms with E-state index in [1.54, 1.807) is 18.2 Å². The zero-order valence-corrected chi connectivity index (χ0v) is 15.7. The number of rotatable bonds is 6. The lowest BCUT2D eigenvalue weighted by Gasteiger charge is -2.32. The Morgan fingerprint density at radius 1 is 1.00 bits per heavy atom. The maximum atomic E-state index is 12.9. The molecule has 1 heterocycles. The van der Waals surface area contributed by atoms with Gasteiger partial charge in [-0.3, -0.25) is 14.4 Å².